The van der Waals surface area contributed by atoms with Gasteiger partial charge in [-0.05, 0) is 0 Å². The van der Waals surface area contributed by atoms with E-state index in [1.165, 1.54) is 10.8 Å². The topological polar surface area (TPSA) is 20.3 Å². The Morgan fingerprint density at radius 3 is 3.00 bits per heavy atom. The molecule has 0 unspecified atom stereocenters. The molecule has 3 heteroatoms. The van der Waals surface area contributed by atoms with E-state index in [1.54, 1.807) is 0 Å². The van der Waals surface area contributed by atoms with Crippen molar-refractivity contribution in [3.05, 3.63) is 0 Å². The molecule has 1 heterocycles. The number of carbonyl (C=O) groups is 1. The van der Waals surface area contributed by atoms with E-state index in [1.807, 2.05) is 11.8 Å². The van der Waals surface area contributed by atoms with Crippen molar-refractivity contribution in [3.8, 4) is 0 Å². The van der Waals surface area contributed by atoms with E-state index in [4.69, 9.17) is 0 Å². The van der Waals surface area contributed by atoms with Crippen LogP contribution >= 0.6 is 0 Å². The first kappa shape index (κ1) is 7.31. The average Bonchev–Trinajstić information content (AvgIpc) is 1.89. The molecular formula is C6H11INO-. The zero-order valence-corrected chi connectivity index (χ0v) is 7.72. The Morgan fingerprint density at radius 2 is 2.56 bits per heavy atom. The van der Waals surface area contributed by atoms with Gasteiger partial charge < -0.3 is 0 Å². The Morgan fingerprint density at radius 1 is 1.78 bits per heavy atom. The van der Waals surface area contributed by atoms with E-state index in [2.05, 4.69) is 0 Å². The van der Waals surface area contributed by atoms with Gasteiger partial charge in [-0.2, -0.15) is 0 Å². The van der Waals surface area contributed by atoms with Crippen molar-refractivity contribution in [2.24, 2.45) is 0 Å². The van der Waals surface area contributed by atoms with Gasteiger partial charge in [0.25, 0.3) is 0 Å². The number of hydrogen-bond acceptors (Lipinski definition) is 1. The third kappa shape index (κ3) is 1.81. The summed E-state index contributed by atoms with van der Waals surface area (Å²) in [4.78, 5) is 13.0. The van der Waals surface area contributed by atoms with Gasteiger partial charge in [0.15, 0.2) is 0 Å². The van der Waals surface area contributed by atoms with Gasteiger partial charge in [0.05, 0.1) is 0 Å². The van der Waals surface area contributed by atoms with Gasteiger partial charge in [0.2, 0.25) is 0 Å². The fourth-order valence-electron chi connectivity index (χ4n) is 0.853. The van der Waals surface area contributed by atoms with Crippen molar-refractivity contribution in [2.45, 2.75) is 13.3 Å². The zero-order valence-electron chi connectivity index (χ0n) is 5.56. The Labute approximate surface area is 65.9 Å². The molecular weight excluding hydrogens is 229 g/mol. The third-order valence-corrected chi connectivity index (χ3v) is 4.04. The molecule has 54 valence electrons. The molecule has 0 aromatic heterocycles. The molecule has 0 saturated carbocycles. The Bertz CT molecular complexity index is 116. The molecule has 0 N–H and O–H groups in total. The third-order valence-electron chi connectivity index (χ3n) is 1.40. The quantitative estimate of drug-likeness (QED) is 0.223. The maximum absolute atomic E-state index is 11.0. The summed E-state index contributed by atoms with van der Waals surface area (Å²) in [5.41, 5.74) is 0. The first-order valence-corrected chi connectivity index (χ1v) is 5.83. The van der Waals surface area contributed by atoms with Crippen molar-refractivity contribution in [3.63, 3.8) is 0 Å². The minimum absolute atomic E-state index is 0.108. The monoisotopic (exact) mass is 240 g/mol. The van der Waals surface area contributed by atoms with Gasteiger partial charge in [0.1, 0.15) is 0 Å². The molecule has 1 amide bonds. The van der Waals surface area contributed by atoms with Gasteiger partial charge in [-0.15, -0.1) is 0 Å². The summed E-state index contributed by atoms with van der Waals surface area (Å²) in [6.07, 6.45) is 1.24. The molecule has 1 rings (SSSR count). The van der Waals surface area contributed by atoms with E-state index < -0.39 is 0 Å². The summed E-state index contributed by atoms with van der Waals surface area (Å²) in [5.74, 6) is 0. The first-order chi connectivity index (χ1) is 4.34. The van der Waals surface area contributed by atoms with Crippen molar-refractivity contribution in [1.29, 1.82) is 0 Å². The van der Waals surface area contributed by atoms with Crippen molar-refractivity contribution in [1.82, 2.24) is 4.90 Å². The molecule has 0 aromatic carbocycles. The molecule has 0 aromatic rings. The second kappa shape index (κ2) is 3.39. The molecule has 0 radical (unpaired) electrons. The number of amides is 1. The number of nitrogens with zero attached hydrogens (tertiary/aromatic N) is 1. The molecule has 1 aliphatic rings. The molecule has 1 aliphatic heterocycles. The fourth-order valence-corrected chi connectivity index (χ4v) is 3.10. The van der Waals surface area contributed by atoms with Crippen LogP contribution in [-0.4, -0.2) is 26.3 Å². The number of carbonyl (C=O) groups excluding carboxylic acids is 1. The normalized spacial score (nSPS) is 21.4. The summed E-state index contributed by atoms with van der Waals surface area (Å²) < 4.78 is 1.65. The second-order valence-corrected chi connectivity index (χ2v) is 4.77. The van der Waals surface area contributed by atoms with E-state index >= 15 is 0 Å². The molecule has 0 aliphatic carbocycles. The van der Waals surface area contributed by atoms with Crippen LogP contribution in [0.25, 0.3) is 0 Å². The van der Waals surface area contributed by atoms with Crippen LogP contribution in [0, 0.1) is 0 Å². The zero-order chi connectivity index (χ0) is 6.69. The predicted molar refractivity (Wildman–Crippen MR) is 32.1 cm³/mol. The molecule has 0 atom stereocenters. The van der Waals surface area contributed by atoms with Crippen molar-refractivity contribution in [2.75, 3.05) is 17.5 Å². The average molecular weight is 240 g/mol. The van der Waals surface area contributed by atoms with Gasteiger partial charge in [-0.3, -0.25) is 0 Å². The van der Waals surface area contributed by atoms with Gasteiger partial charge in [0, 0.05) is 0 Å². The fraction of sp³-hybridized carbons (Fsp3) is 0.833. The van der Waals surface area contributed by atoms with Gasteiger partial charge in [-0.1, -0.05) is 0 Å². The molecule has 9 heavy (non-hydrogen) atoms. The number of hydrogen-bond donors (Lipinski definition) is 0. The van der Waals surface area contributed by atoms with Crippen LogP contribution in [0.4, 0.5) is 4.79 Å². The number of halogens is 1. The summed E-state index contributed by atoms with van der Waals surface area (Å²) >= 11 is -0.108. The van der Waals surface area contributed by atoms with Gasteiger partial charge in [-0.25, -0.2) is 0 Å². The van der Waals surface area contributed by atoms with Crippen LogP contribution in [-0.2, 0) is 0 Å². The van der Waals surface area contributed by atoms with Crippen molar-refractivity contribution >= 4 is 3.91 Å². The molecule has 1 fully saturated rings. The van der Waals surface area contributed by atoms with Crippen LogP contribution in [0.2, 0.25) is 0 Å². The van der Waals surface area contributed by atoms with E-state index in [0.717, 1.165) is 13.1 Å². The van der Waals surface area contributed by atoms with E-state index in [9.17, 15) is 4.79 Å². The second-order valence-electron chi connectivity index (χ2n) is 2.01. The summed E-state index contributed by atoms with van der Waals surface area (Å²) in [6.45, 7) is 3.97. The summed E-state index contributed by atoms with van der Waals surface area (Å²) in [6, 6.07) is 0. The van der Waals surface area contributed by atoms with Crippen LogP contribution < -0.4 is 21.2 Å². The molecule has 0 spiro atoms. The Balaban J connectivity index is 2.39. The van der Waals surface area contributed by atoms with Crippen LogP contribution in [0.1, 0.15) is 13.3 Å². The number of rotatable bonds is 1. The van der Waals surface area contributed by atoms with Crippen LogP contribution in [0.15, 0.2) is 0 Å². The maximum atomic E-state index is 11.0. The Kier molecular flexibility index (Phi) is 2.75. The predicted octanol–water partition coefficient (Wildman–Crippen LogP) is -2.08. The van der Waals surface area contributed by atoms with Gasteiger partial charge >= 0.3 is 65.7 Å². The molecule has 1 saturated heterocycles. The van der Waals surface area contributed by atoms with Crippen LogP contribution in [0.5, 0.6) is 0 Å². The first-order valence-electron chi connectivity index (χ1n) is 3.22. The van der Waals surface area contributed by atoms with Crippen LogP contribution in [0.3, 0.4) is 0 Å². The minimum atomic E-state index is -0.108. The summed E-state index contributed by atoms with van der Waals surface area (Å²) in [5, 5.41) is 0. The SMILES string of the molecule is CCN1CCC[I-]C1=O. The van der Waals surface area contributed by atoms with E-state index in [0.29, 0.717) is 3.91 Å². The standard InChI is InChI=1S/C6H11INO/c1-2-8-5-3-4-7-6(8)9/h2-5H2,1H3/q-1. The Hall–Kier alpha value is 0.200. The van der Waals surface area contributed by atoms with E-state index in [-0.39, 0.29) is 21.2 Å². The number of alkyl halides is 1. The molecule has 0 bridgehead atoms. The van der Waals surface area contributed by atoms with Crippen molar-refractivity contribution < 1.29 is 26.0 Å². The summed E-state index contributed by atoms with van der Waals surface area (Å²) in [7, 11) is 0. The molecule has 2 nitrogen and oxygen atoms in total.